The Kier molecular flexibility index (Phi) is 4.24. The molecule has 0 aromatic heterocycles. The number of rotatable bonds is 4. The number of halogens is 1. The Hall–Kier alpha value is -1.82. The van der Waals surface area contributed by atoms with Gasteiger partial charge in [0.15, 0.2) is 0 Å². The third-order valence-corrected chi connectivity index (χ3v) is 4.10. The maximum Gasteiger partial charge on any atom is 0.409 e. The summed E-state index contributed by atoms with van der Waals surface area (Å²) in [6, 6.07) is 6.90. The van der Waals surface area contributed by atoms with E-state index in [0.717, 1.165) is 32.7 Å². The maximum atomic E-state index is 13.8. The summed E-state index contributed by atoms with van der Waals surface area (Å²) in [7, 11) is 0. The molecule has 1 aromatic carbocycles. The normalized spacial score (nSPS) is 20.0. The Bertz CT molecular complexity index is 503. The van der Waals surface area contributed by atoms with Crippen LogP contribution < -0.4 is 4.90 Å². The van der Waals surface area contributed by atoms with Crippen molar-refractivity contribution >= 4 is 11.8 Å². The summed E-state index contributed by atoms with van der Waals surface area (Å²) in [4.78, 5) is 17.5. The van der Waals surface area contributed by atoms with Crippen LogP contribution in [0.25, 0.3) is 0 Å². The molecule has 2 aliphatic rings. The van der Waals surface area contributed by atoms with E-state index >= 15 is 0 Å². The van der Waals surface area contributed by atoms with Gasteiger partial charge in [-0.3, -0.25) is 4.90 Å². The quantitative estimate of drug-likeness (QED) is 0.841. The number of nitrogens with zero attached hydrogens (tertiary/aromatic N) is 3. The summed E-state index contributed by atoms with van der Waals surface area (Å²) in [6.45, 7) is 6.14. The van der Waals surface area contributed by atoms with Gasteiger partial charge in [0, 0.05) is 39.3 Å². The predicted molar refractivity (Wildman–Crippen MR) is 78.0 cm³/mol. The second kappa shape index (κ2) is 6.30. The molecule has 3 rings (SSSR count). The van der Waals surface area contributed by atoms with Crippen LogP contribution in [0.4, 0.5) is 14.9 Å². The first-order valence-electron chi connectivity index (χ1n) is 7.37. The molecule has 114 valence electrons. The molecule has 2 aliphatic heterocycles. The highest BCUT2D eigenvalue weighted by molar-refractivity contribution is 5.69. The summed E-state index contributed by atoms with van der Waals surface area (Å²) < 4.78 is 18.7. The van der Waals surface area contributed by atoms with Crippen molar-refractivity contribution < 1.29 is 13.9 Å². The van der Waals surface area contributed by atoms with Gasteiger partial charge in [-0.05, 0) is 12.1 Å². The molecular weight excluding hydrogens is 273 g/mol. The maximum absolute atomic E-state index is 13.8. The predicted octanol–water partition coefficient (Wildman–Crippen LogP) is 1.40. The minimum Gasteiger partial charge on any atom is -0.448 e. The fourth-order valence-corrected chi connectivity index (χ4v) is 2.81. The van der Waals surface area contributed by atoms with Crippen LogP contribution in [0.5, 0.6) is 0 Å². The summed E-state index contributed by atoms with van der Waals surface area (Å²) in [5, 5.41) is 0. The number of benzene rings is 1. The van der Waals surface area contributed by atoms with Gasteiger partial charge in [-0.15, -0.1) is 0 Å². The zero-order chi connectivity index (χ0) is 14.7. The van der Waals surface area contributed by atoms with Gasteiger partial charge >= 0.3 is 6.09 Å². The lowest BCUT2D eigenvalue weighted by Gasteiger charge is -2.36. The third-order valence-electron chi connectivity index (χ3n) is 4.10. The molecule has 2 saturated heterocycles. The highest BCUT2D eigenvalue weighted by atomic mass is 19.1. The van der Waals surface area contributed by atoms with Gasteiger partial charge in [-0.25, -0.2) is 9.18 Å². The van der Waals surface area contributed by atoms with Crippen LogP contribution in [0.1, 0.15) is 0 Å². The number of cyclic esters (lactones) is 1. The Morgan fingerprint density at radius 3 is 2.48 bits per heavy atom. The summed E-state index contributed by atoms with van der Waals surface area (Å²) in [6.07, 6.45) is -0.208. The van der Waals surface area contributed by atoms with Crippen LogP contribution in [0, 0.1) is 5.82 Å². The monoisotopic (exact) mass is 293 g/mol. The number of hydrogen-bond donors (Lipinski definition) is 0. The molecule has 1 aromatic rings. The minimum atomic E-state index is -0.208. The topological polar surface area (TPSA) is 36.0 Å². The van der Waals surface area contributed by atoms with Crippen molar-refractivity contribution in [3.8, 4) is 0 Å². The molecule has 0 N–H and O–H groups in total. The number of carbonyl (C=O) groups excluding carboxylic acids is 1. The van der Waals surface area contributed by atoms with Crippen LogP contribution in [-0.4, -0.2) is 68.3 Å². The second-order valence-corrected chi connectivity index (χ2v) is 5.38. The Morgan fingerprint density at radius 2 is 1.81 bits per heavy atom. The van der Waals surface area contributed by atoms with Crippen molar-refractivity contribution in [1.82, 2.24) is 9.80 Å². The van der Waals surface area contributed by atoms with E-state index in [1.165, 1.54) is 6.07 Å². The van der Waals surface area contributed by atoms with E-state index in [1.807, 2.05) is 12.1 Å². The molecule has 1 amide bonds. The summed E-state index contributed by atoms with van der Waals surface area (Å²) in [5.74, 6) is -0.161. The number of piperazine rings is 1. The summed E-state index contributed by atoms with van der Waals surface area (Å²) >= 11 is 0. The minimum absolute atomic E-state index is 0.161. The smallest absolute Gasteiger partial charge is 0.409 e. The molecule has 0 spiro atoms. The average molecular weight is 293 g/mol. The molecule has 0 unspecified atom stereocenters. The van der Waals surface area contributed by atoms with Gasteiger partial charge in [-0.2, -0.15) is 0 Å². The van der Waals surface area contributed by atoms with Gasteiger partial charge in [0.1, 0.15) is 12.4 Å². The zero-order valence-corrected chi connectivity index (χ0v) is 12.0. The lowest BCUT2D eigenvalue weighted by molar-refractivity contribution is 0.152. The van der Waals surface area contributed by atoms with Crippen LogP contribution in [0.2, 0.25) is 0 Å². The van der Waals surface area contributed by atoms with E-state index in [0.29, 0.717) is 25.4 Å². The number of anilines is 1. The zero-order valence-electron chi connectivity index (χ0n) is 12.0. The van der Waals surface area contributed by atoms with E-state index < -0.39 is 0 Å². The molecule has 6 heteroatoms. The van der Waals surface area contributed by atoms with Gasteiger partial charge in [0.25, 0.3) is 0 Å². The Balaban J connectivity index is 1.47. The van der Waals surface area contributed by atoms with Gasteiger partial charge in [0.2, 0.25) is 0 Å². The van der Waals surface area contributed by atoms with Crippen LogP contribution in [-0.2, 0) is 4.74 Å². The van der Waals surface area contributed by atoms with Crippen molar-refractivity contribution in [1.29, 1.82) is 0 Å². The van der Waals surface area contributed by atoms with Crippen LogP contribution >= 0.6 is 0 Å². The molecule has 5 nitrogen and oxygen atoms in total. The fraction of sp³-hybridized carbons (Fsp3) is 0.533. The first-order valence-corrected chi connectivity index (χ1v) is 7.37. The molecule has 21 heavy (non-hydrogen) atoms. The summed E-state index contributed by atoms with van der Waals surface area (Å²) in [5.41, 5.74) is 0.681. The molecule has 0 bridgehead atoms. The largest absolute Gasteiger partial charge is 0.448 e. The number of hydrogen-bond acceptors (Lipinski definition) is 4. The molecule has 0 aliphatic carbocycles. The third kappa shape index (κ3) is 3.26. The van der Waals surface area contributed by atoms with E-state index in [4.69, 9.17) is 4.74 Å². The first kappa shape index (κ1) is 14.1. The standard InChI is InChI=1S/C15H20FN3O2/c16-13-3-1-2-4-14(13)18-8-5-17(6-9-18)7-10-19-11-12-21-15(19)20/h1-4H,5-12H2. The van der Waals surface area contributed by atoms with Crippen molar-refractivity contribution in [3.63, 3.8) is 0 Å². The molecule has 0 saturated carbocycles. The van der Waals surface area contributed by atoms with E-state index in [2.05, 4.69) is 9.80 Å². The van der Waals surface area contributed by atoms with E-state index in [9.17, 15) is 9.18 Å². The van der Waals surface area contributed by atoms with Gasteiger partial charge in [-0.1, -0.05) is 12.1 Å². The fourth-order valence-electron chi connectivity index (χ4n) is 2.81. The molecule has 2 heterocycles. The number of amides is 1. The highest BCUT2D eigenvalue weighted by Crippen LogP contribution is 2.20. The van der Waals surface area contributed by atoms with Crippen molar-refractivity contribution in [2.24, 2.45) is 0 Å². The van der Waals surface area contributed by atoms with E-state index in [-0.39, 0.29) is 11.9 Å². The highest BCUT2D eigenvalue weighted by Gasteiger charge is 2.24. The average Bonchev–Trinajstić information content (AvgIpc) is 2.92. The molecule has 0 radical (unpaired) electrons. The number of para-hydroxylation sites is 1. The lowest BCUT2D eigenvalue weighted by Crippen LogP contribution is -2.48. The SMILES string of the molecule is O=C1OCCN1CCN1CCN(c2ccccc2F)CC1. The van der Waals surface area contributed by atoms with E-state index in [1.54, 1.807) is 11.0 Å². The number of ether oxygens (including phenoxy) is 1. The first-order chi connectivity index (χ1) is 10.2. The van der Waals surface area contributed by atoms with Crippen molar-refractivity contribution in [2.45, 2.75) is 0 Å². The van der Waals surface area contributed by atoms with Crippen LogP contribution in [0.3, 0.4) is 0 Å². The number of carbonyl (C=O) groups is 1. The Morgan fingerprint density at radius 1 is 1.05 bits per heavy atom. The van der Waals surface area contributed by atoms with Crippen molar-refractivity contribution in [3.05, 3.63) is 30.1 Å². The molecular formula is C15H20FN3O2. The Labute approximate surface area is 123 Å². The van der Waals surface area contributed by atoms with Gasteiger partial charge in [0.05, 0.1) is 12.2 Å². The van der Waals surface area contributed by atoms with Crippen molar-refractivity contribution in [2.75, 3.05) is 57.3 Å². The molecule has 0 atom stereocenters. The second-order valence-electron chi connectivity index (χ2n) is 5.38. The molecule has 2 fully saturated rings. The van der Waals surface area contributed by atoms with Crippen LogP contribution in [0.15, 0.2) is 24.3 Å². The van der Waals surface area contributed by atoms with Gasteiger partial charge < -0.3 is 14.5 Å². The lowest BCUT2D eigenvalue weighted by atomic mass is 10.2.